The number of thioether (sulfide) groups is 2. The Morgan fingerprint density at radius 1 is 1.00 bits per heavy atom. The topological polar surface area (TPSA) is 34.1 Å². The number of hydrogen-bond acceptors (Lipinski definition) is 4. The Balaban J connectivity index is 4.84. The van der Waals surface area contributed by atoms with Crippen LogP contribution < -0.4 is 0 Å². The molecule has 0 bridgehead atoms. The predicted molar refractivity (Wildman–Crippen MR) is 82.4 cm³/mol. The third-order valence-corrected chi connectivity index (χ3v) is 21.6. The second-order valence-corrected chi connectivity index (χ2v) is 19.4. The van der Waals surface area contributed by atoms with Crippen LogP contribution in [0.15, 0.2) is 0 Å². The molecule has 0 aliphatic rings. The Hall–Kier alpha value is 0.583. The van der Waals surface area contributed by atoms with E-state index < -0.39 is 13.3 Å². The van der Waals surface area contributed by atoms with Gasteiger partial charge in [0, 0.05) is 0 Å². The first-order valence-electron chi connectivity index (χ1n) is 6.22. The van der Waals surface area contributed by atoms with Crippen LogP contribution in [0, 0.1) is 0 Å². The van der Waals surface area contributed by atoms with E-state index in [2.05, 4.69) is 20.8 Å². The van der Waals surface area contributed by atoms with E-state index in [4.69, 9.17) is 0 Å². The summed E-state index contributed by atoms with van der Waals surface area (Å²) >= 11 is 0.920. The zero-order chi connectivity index (χ0) is 13.5. The van der Waals surface area contributed by atoms with Crippen LogP contribution in [0.4, 0.5) is 0 Å². The van der Waals surface area contributed by atoms with Crippen molar-refractivity contribution in [1.82, 2.24) is 0 Å². The van der Waals surface area contributed by atoms with Gasteiger partial charge in [0.2, 0.25) is 0 Å². The van der Waals surface area contributed by atoms with Crippen LogP contribution in [0.5, 0.6) is 0 Å². The molecule has 0 saturated carbocycles. The third kappa shape index (κ3) is 5.84. The van der Waals surface area contributed by atoms with Gasteiger partial charge in [-0.2, -0.15) is 0 Å². The quantitative estimate of drug-likeness (QED) is 0.659. The van der Waals surface area contributed by atoms with Gasteiger partial charge < -0.3 is 0 Å². The maximum atomic E-state index is 11.4. The number of carbonyl (C=O) groups is 2. The van der Waals surface area contributed by atoms with Gasteiger partial charge in [0.15, 0.2) is 0 Å². The first kappa shape index (κ1) is 17.6. The Labute approximate surface area is 116 Å². The fraction of sp³-hybridized carbons (Fsp3) is 0.833. The summed E-state index contributed by atoms with van der Waals surface area (Å²) in [5.41, 5.74) is 0. The van der Waals surface area contributed by atoms with Crippen molar-refractivity contribution < 1.29 is 9.59 Å². The molecule has 0 rings (SSSR count). The number of carbonyl (C=O) groups excluding carboxylic acids is 2. The monoisotopic (exact) mass is 338 g/mol. The van der Waals surface area contributed by atoms with Crippen LogP contribution in [-0.4, -0.2) is 33.3 Å². The molecule has 0 aromatic carbocycles. The van der Waals surface area contributed by atoms with E-state index in [0.29, 0.717) is 4.08 Å². The molecule has 1 atom stereocenters. The summed E-state index contributed by atoms with van der Waals surface area (Å²) in [4.78, 5) is 22.5. The second kappa shape index (κ2) is 8.64. The van der Waals surface area contributed by atoms with Crippen LogP contribution in [0.1, 0.15) is 34.6 Å². The fourth-order valence-electron chi connectivity index (χ4n) is 2.16. The average molecular weight is 337 g/mol. The Morgan fingerprint density at radius 2 is 1.47 bits per heavy atom. The van der Waals surface area contributed by atoms with E-state index in [1.54, 1.807) is 13.8 Å². The van der Waals surface area contributed by atoms with E-state index in [1.807, 2.05) is 0 Å². The van der Waals surface area contributed by atoms with Crippen LogP contribution in [0.2, 0.25) is 15.8 Å². The van der Waals surface area contributed by atoms with Crippen molar-refractivity contribution in [2.45, 2.75) is 54.5 Å². The van der Waals surface area contributed by atoms with Crippen molar-refractivity contribution >= 4 is 47.0 Å². The molecule has 17 heavy (non-hydrogen) atoms. The molecule has 0 aromatic rings. The third-order valence-electron chi connectivity index (χ3n) is 3.54. The molecule has 5 heteroatoms. The van der Waals surface area contributed by atoms with Crippen molar-refractivity contribution in [3.05, 3.63) is 0 Å². The molecule has 0 aliphatic carbocycles. The summed E-state index contributed by atoms with van der Waals surface area (Å²) in [7, 11) is 0. The minimum atomic E-state index is -1.96. The van der Waals surface area contributed by atoms with Crippen molar-refractivity contribution in [1.29, 1.82) is 0 Å². The van der Waals surface area contributed by atoms with Crippen molar-refractivity contribution in [3.63, 3.8) is 0 Å². The molecule has 0 aromatic heterocycles. The molecule has 0 amide bonds. The summed E-state index contributed by atoms with van der Waals surface area (Å²) in [6.45, 7) is 10.0. The summed E-state index contributed by atoms with van der Waals surface area (Å²) in [6, 6.07) is 0. The molecule has 1 unspecified atom stereocenters. The summed E-state index contributed by atoms with van der Waals surface area (Å²) < 4.78 is 0.432. The van der Waals surface area contributed by atoms with Crippen molar-refractivity contribution in [3.8, 4) is 0 Å². The standard InChI is InChI=1S/C12H24GeO2S2/c1-6-13(7-2,8-3)12(17-11(5)15)9-16-10(4)14/h12H,6-9H2,1-5H3. The van der Waals surface area contributed by atoms with Gasteiger partial charge in [0.25, 0.3) is 0 Å². The molecule has 100 valence electrons. The van der Waals surface area contributed by atoms with Crippen LogP contribution >= 0.6 is 23.5 Å². The Bertz CT molecular complexity index is 257. The van der Waals surface area contributed by atoms with Gasteiger partial charge in [-0.3, -0.25) is 0 Å². The van der Waals surface area contributed by atoms with E-state index in [-0.39, 0.29) is 10.2 Å². The van der Waals surface area contributed by atoms with Gasteiger partial charge in [-0.05, 0) is 0 Å². The molecule has 0 heterocycles. The predicted octanol–water partition coefficient (Wildman–Crippen LogP) is 3.96. The van der Waals surface area contributed by atoms with Crippen LogP contribution in [-0.2, 0) is 9.59 Å². The zero-order valence-electron chi connectivity index (χ0n) is 11.5. The SMILES string of the molecule is C[CH2][Ge]([CH2]C)([CH2]C)[CH](CSC(C)=O)SC(C)=O. The molecule has 0 saturated heterocycles. The first-order valence-corrected chi connectivity index (χ1v) is 13.7. The van der Waals surface area contributed by atoms with Gasteiger partial charge >= 0.3 is 117 Å². The number of rotatable bonds is 7. The van der Waals surface area contributed by atoms with E-state index in [9.17, 15) is 9.59 Å². The van der Waals surface area contributed by atoms with Gasteiger partial charge in [-0.25, -0.2) is 0 Å². The minimum absolute atomic E-state index is 0.166. The molecule has 0 radical (unpaired) electrons. The zero-order valence-corrected chi connectivity index (χ0v) is 15.3. The van der Waals surface area contributed by atoms with Crippen LogP contribution in [0.25, 0.3) is 0 Å². The van der Waals surface area contributed by atoms with Gasteiger partial charge in [0.1, 0.15) is 0 Å². The molecule has 0 N–H and O–H groups in total. The molecular formula is C12H24GeO2S2. The van der Waals surface area contributed by atoms with Gasteiger partial charge in [-0.15, -0.1) is 0 Å². The fourth-order valence-corrected chi connectivity index (χ4v) is 18.0. The molecule has 2 nitrogen and oxygen atoms in total. The van der Waals surface area contributed by atoms with E-state index in [0.717, 1.165) is 5.75 Å². The van der Waals surface area contributed by atoms with Gasteiger partial charge in [-0.1, -0.05) is 0 Å². The van der Waals surface area contributed by atoms with Crippen molar-refractivity contribution in [2.24, 2.45) is 0 Å². The van der Waals surface area contributed by atoms with E-state index in [1.165, 1.54) is 39.3 Å². The second-order valence-electron chi connectivity index (χ2n) is 4.32. The Kier molecular flexibility index (Phi) is 8.94. The molecule has 0 fully saturated rings. The number of hydrogen-bond donors (Lipinski definition) is 0. The summed E-state index contributed by atoms with van der Waals surface area (Å²) in [6.07, 6.45) is 0. The summed E-state index contributed by atoms with van der Waals surface area (Å²) in [5, 5.41) is 4.10. The maximum absolute atomic E-state index is 11.4. The Morgan fingerprint density at radius 3 is 1.76 bits per heavy atom. The summed E-state index contributed by atoms with van der Waals surface area (Å²) in [5.74, 6) is 0.828. The first-order chi connectivity index (χ1) is 7.91. The molecule has 0 aliphatic heterocycles. The van der Waals surface area contributed by atoms with Gasteiger partial charge in [0.05, 0.1) is 0 Å². The normalized spacial score (nSPS) is 13.5. The van der Waals surface area contributed by atoms with E-state index >= 15 is 0 Å². The van der Waals surface area contributed by atoms with Crippen LogP contribution in [0.3, 0.4) is 0 Å². The molecular weight excluding hydrogens is 313 g/mol. The van der Waals surface area contributed by atoms with Crippen molar-refractivity contribution in [2.75, 3.05) is 5.75 Å². The molecule has 0 spiro atoms. The average Bonchev–Trinajstić information content (AvgIpc) is 2.27.